The Morgan fingerprint density at radius 3 is 1.32 bits per heavy atom. The van der Waals surface area contributed by atoms with Gasteiger partial charge in [-0.05, 0) is 191 Å². The van der Waals surface area contributed by atoms with Crippen molar-refractivity contribution < 1.29 is 26.3 Å². The molecular formula is C71H97Cl3N6O6S2. The highest BCUT2D eigenvalue weighted by Gasteiger charge is 2.45. The first-order valence-electron chi connectivity index (χ1n) is 31.4. The maximum atomic E-state index is 14.8. The van der Waals surface area contributed by atoms with Gasteiger partial charge in [0.2, 0.25) is 10.0 Å². The number of nitrogens with one attached hydrogen (secondary N) is 1. The first-order valence-corrected chi connectivity index (χ1v) is 36.3. The van der Waals surface area contributed by atoms with E-state index in [0.717, 1.165) is 118 Å². The van der Waals surface area contributed by atoms with Crippen molar-refractivity contribution in [3.05, 3.63) is 155 Å². The lowest BCUT2D eigenvalue weighted by Crippen LogP contribution is -2.57. The van der Waals surface area contributed by atoms with E-state index in [4.69, 9.17) is 49.1 Å². The number of sulfonamides is 1. The molecule has 0 radical (unpaired) electrons. The summed E-state index contributed by atoms with van der Waals surface area (Å²) in [6, 6.07) is 24.0. The van der Waals surface area contributed by atoms with Gasteiger partial charge in [0.05, 0.1) is 46.4 Å². The minimum atomic E-state index is -3.92. The van der Waals surface area contributed by atoms with Gasteiger partial charge in [-0.25, -0.2) is 21.6 Å². The van der Waals surface area contributed by atoms with Gasteiger partial charge in [-0.3, -0.25) is 19.8 Å². The van der Waals surface area contributed by atoms with Crippen LogP contribution in [0.2, 0.25) is 0 Å². The summed E-state index contributed by atoms with van der Waals surface area (Å²) < 4.78 is 67.7. The highest BCUT2D eigenvalue weighted by molar-refractivity contribution is 8.13. The summed E-state index contributed by atoms with van der Waals surface area (Å²) >= 11 is 9.53. The van der Waals surface area contributed by atoms with Crippen LogP contribution >= 0.6 is 33.9 Å². The fraction of sp³-hybridized carbons (Fsp3) is 0.521. The van der Waals surface area contributed by atoms with Crippen LogP contribution in [0.5, 0.6) is 11.5 Å². The number of halogens is 3. The lowest BCUT2D eigenvalue weighted by Gasteiger charge is -2.51. The number of rotatable bonds is 18. The molecule has 10 atom stereocenters. The fourth-order valence-corrected chi connectivity index (χ4v) is 17.4. The minimum Gasteiger partial charge on any atom is -0.497 e. The molecule has 480 valence electrons. The van der Waals surface area contributed by atoms with Crippen LogP contribution in [0, 0.1) is 23.7 Å². The molecule has 8 heterocycles. The summed E-state index contributed by atoms with van der Waals surface area (Å²) in [6.07, 6.45) is 12.3. The quantitative estimate of drug-likeness (QED) is 0.0479. The third kappa shape index (κ3) is 16.2. The molecule has 6 aliphatic rings. The predicted molar refractivity (Wildman–Crippen MR) is 367 cm³/mol. The minimum absolute atomic E-state index is 0.00354. The molecule has 88 heavy (non-hydrogen) atoms. The van der Waals surface area contributed by atoms with Crippen molar-refractivity contribution in [1.82, 2.24) is 24.5 Å². The lowest BCUT2D eigenvalue weighted by atomic mass is 9.73. The Morgan fingerprint density at radius 2 is 0.966 bits per heavy atom. The second-order valence-electron chi connectivity index (χ2n) is 26.2. The Morgan fingerprint density at radius 1 is 0.580 bits per heavy atom. The highest BCUT2D eigenvalue weighted by atomic mass is 35.7. The van der Waals surface area contributed by atoms with Gasteiger partial charge in [-0.15, -0.1) is 36.4 Å². The number of pyridine rings is 2. The van der Waals surface area contributed by atoms with E-state index in [1.54, 1.807) is 20.4 Å². The fourth-order valence-electron chi connectivity index (χ4n) is 13.7. The van der Waals surface area contributed by atoms with E-state index in [9.17, 15) is 16.8 Å². The van der Waals surface area contributed by atoms with Gasteiger partial charge in [0.15, 0.2) is 0 Å². The number of hydrogen-bond donors (Lipinski definition) is 2. The van der Waals surface area contributed by atoms with Gasteiger partial charge in [0.1, 0.15) is 11.5 Å². The Hall–Kier alpha value is -4.61. The van der Waals surface area contributed by atoms with Gasteiger partial charge >= 0.3 is 0 Å². The van der Waals surface area contributed by atoms with Crippen LogP contribution < -0.4 is 19.9 Å². The number of piperidine rings is 6. The smallest absolute Gasteiger partial charge is 0.261 e. The second kappa shape index (κ2) is 30.7. The molecule has 4 aromatic carbocycles. The standard InChI is InChI=1S/C35H47N3O3S.C20H25N3O.C15H23ClO2S.CH2Cl2/c1-9-24-20-38-15-13-25(24)18-33(38)34(28-12-14-36-32-11-10-27(41-8)19-31(28)32)37-42(39,40)35-29(22(4)5)16-26(21(2)3)17-30(35)23(6)7;1-3-13-12-23-9-7-14(13)10-19(23)20(21)16-6-8-22-18-5-4-15(24-2)11-17(16)18;1-9(2)12-7-13(10(3)4)15(19(16,17)18)14(8-12)11(5)6;2-1-3/h9-12,14,16-17,19,21-25,33-34,37H,1,13,15,18,20H2,2-8H3;3-6,8,11,13-14,19-20H,1,7,9-10,12,21H2,2H3;7-11H,1-6H3;1H2/t24?,25?,33?,34-;13?,14?,19?,20-;;/m00../s1. The van der Waals surface area contributed by atoms with Crippen molar-refractivity contribution in [3.63, 3.8) is 0 Å². The monoisotopic (exact) mass is 1300 g/mol. The van der Waals surface area contributed by atoms with Gasteiger partial charge in [0, 0.05) is 65.1 Å². The van der Waals surface area contributed by atoms with E-state index in [2.05, 4.69) is 129 Å². The number of fused-ring (bicyclic) bond motifs is 8. The van der Waals surface area contributed by atoms with Crippen molar-refractivity contribution in [2.75, 3.05) is 45.7 Å². The van der Waals surface area contributed by atoms with Crippen molar-refractivity contribution in [2.45, 2.75) is 178 Å². The zero-order valence-corrected chi connectivity index (χ0v) is 58.3. The van der Waals surface area contributed by atoms with Gasteiger partial charge in [0.25, 0.3) is 9.05 Å². The number of ether oxygens (including phenoxy) is 2. The van der Waals surface area contributed by atoms with Crippen LogP contribution in [-0.4, -0.2) is 94.4 Å². The molecule has 6 saturated heterocycles. The van der Waals surface area contributed by atoms with Gasteiger partial charge in [-0.1, -0.05) is 120 Å². The Kier molecular flexibility index (Phi) is 24.7. The number of methoxy groups -OCH3 is 2. The SMILES string of the molecule is C=CC1CN2CCC1CC2[C@@H](N)c1ccnc2ccc(OC)cc12.C=CC1CN2CCC1CC2[C@@H](NS(=O)(=O)c1c(C(C)C)cc(C(C)C)cc1C(C)C)c1ccnc2ccc(OC)cc12.CC(C)c1cc(C(C)C)c(S(=O)(=O)Cl)c(C(C)C)c1.ClCCl. The molecule has 0 saturated carbocycles. The molecule has 6 fully saturated rings. The van der Waals surface area contributed by atoms with E-state index < -0.39 is 25.1 Å². The number of nitrogens with zero attached hydrogens (tertiary/aromatic N) is 4. The summed E-state index contributed by atoms with van der Waals surface area (Å²) in [7, 11) is 1.36. The summed E-state index contributed by atoms with van der Waals surface area (Å²) in [5.41, 5.74) is 16.4. The summed E-state index contributed by atoms with van der Waals surface area (Å²) in [6.45, 7) is 37.1. The first kappa shape index (κ1) is 70.8. The summed E-state index contributed by atoms with van der Waals surface area (Å²) in [5, 5.41) is 2.21. The molecule has 8 unspecified atom stereocenters. The van der Waals surface area contributed by atoms with Crippen LogP contribution in [-0.2, 0) is 19.1 Å². The Balaban J connectivity index is 0.000000202. The third-order valence-electron chi connectivity index (χ3n) is 18.7. The van der Waals surface area contributed by atoms with E-state index in [1.807, 2.05) is 82.4 Å². The normalized spacial score (nSPS) is 22.3. The Bertz CT molecular complexity index is 3560. The maximum absolute atomic E-state index is 14.8. The topological polar surface area (TPSA) is 157 Å². The molecule has 0 spiro atoms. The Labute approximate surface area is 541 Å². The molecule has 4 bridgehead atoms. The lowest BCUT2D eigenvalue weighted by molar-refractivity contribution is 0.00490. The van der Waals surface area contributed by atoms with Crippen LogP contribution in [0.4, 0.5) is 0 Å². The number of aromatic nitrogens is 2. The average molecular weight is 1300 g/mol. The molecule has 6 aliphatic heterocycles. The third-order valence-corrected chi connectivity index (χ3v) is 21.7. The molecule has 12 nitrogen and oxygen atoms in total. The molecule has 17 heteroatoms. The maximum Gasteiger partial charge on any atom is 0.261 e. The zero-order valence-electron chi connectivity index (χ0n) is 54.4. The average Bonchev–Trinajstić information content (AvgIpc) is 0.921. The van der Waals surface area contributed by atoms with E-state index in [-0.39, 0.29) is 41.1 Å². The van der Waals surface area contributed by atoms with Crippen LogP contribution in [0.25, 0.3) is 21.8 Å². The molecule has 0 amide bonds. The summed E-state index contributed by atoms with van der Waals surface area (Å²) in [4.78, 5) is 14.9. The largest absolute Gasteiger partial charge is 0.497 e. The first-order chi connectivity index (χ1) is 41.6. The van der Waals surface area contributed by atoms with Gasteiger partial charge in [-0.2, -0.15) is 0 Å². The molecule has 3 N–H and O–H groups in total. The zero-order chi connectivity index (χ0) is 64.7. The van der Waals surface area contributed by atoms with E-state index >= 15 is 0 Å². The summed E-state index contributed by atoms with van der Waals surface area (Å²) in [5.74, 6) is 4.88. The van der Waals surface area contributed by atoms with Crippen LogP contribution in [0.15, 0.2) is 120 Å². The van der Waals surface area contributed by atoms with Crippen molar-refractivity contribution in [1.29, 1.82) is 0 Å². The highest BCUT2D eigenvalue weighted by Crippen LogP contribution is 2.46. The molecule has 12 rings (SSSR count). The van der Waals surface area contributed by atoms with Crippen LogP contribution in [0.3, 0.4) is 0 Å². The van der Waals surface area contributed by atoms with Crippen LogP contribution in [0.1, 0.15) is 201 Å². The predicted octanol–water partition coefficient (Wildman–Crippen LogP) is 17.1. The van der Waals surface area contributed by atoms with Crippen molar-refractivity contribution >= 4 is 74.8 Å². The molecule has 2 aromatic heterocycles. The number of alkyl halides is 2. The molecular weight excluding hydrogens is 1200 g/mol. The number of hydrogen-bond acceptors (Lipinski definition) is 11. The molecule has 6 aromatic rings. The van der Waals surface area contributed by atoms with Crippen molar-refractivity contribution in [3.8, 4) is 11.5 Å². The van der Waals surface area contributed by atoms with E-state index in [0.29, 0.717) is 45.4 Å². The van der Waals surface area contributed by atoms with E-state index in [1.165, 1.54) is 17.5 Å². The molecule has 0 aliphatic carbocycles. The number of nitrogens with two attached hydrogens (primary N) is 1. The van der Waals surface area contributed by atoms with Gasteiger partial charge < -0.3 is 15.2 Å². The number of benzene rings is 4. The second-order valence-corrected chi connectivity index (χ2v) is 31.2. The van der Waals surface area contributed by atoms with Crippen molar-refractivity contribution in [2.24, 2.45) is 29.4 Å².